The number of aliphatic hydroxyl groups is 4. The van der Waals surface area contributed by atoms with E-state index in [0.717, 1.165) is 12.0 Å². The Balaban J connectivity index is 0.000000270. The van der Waals surface area contributed by atoms with Gasteiger partial charge in [-0.1, -0.05) is 30.3 Å². The minimum atomic E-state index is -0.745. The number of ether oxygens (including phenoxy) is 2. The van der Waals surface area contributed by atoms with Crippen LogP contribution in [-0.2, 0) is 9.47 Å². The Labute approximate surface area is 124 Å². The molecule has 2 rings (SSSR count). The fraction of sp³-hybridized carbons (Fsp3) is 0.600. The molecule has 0 aromatic heterocycles. The SMILES string of the molecule is OCC[C@@H](O)CO.OC[C@H]1CCOC(c2ccccc2)O1. The van der Waals surface area contributed by atoms with Crippen LogP contribution in [0.2, 0.25) is 0 Å². The van der Waals surface area contributed by atoms with Crippen LogP contribution < -0.4 is 0 Å². The molecule has 1 fully saturated rings. The van der Waals surface area contributed by atoms with Gasteiger partial charge in [0.25, 0.3) is 0 Å². The molecule has 1 unspecified atom stereocenters. The Kier molecular flexibility index (Phi) is 9.16. The van der Waals surface area contributed by atoms with Gasteiger partial charge in [0.2, 0.25) is 0 Å². The number of benzene rings is 1. The van der Waals surface area contributed by atoms with Crippen LogP contribution in [0, 0.1) is 0 Å². The van der Waals surface area contributed by atoms with Gasteiger partial charge in [-0.3, -0.25) is 0 Å². The van der Waals surface area contributed by atoms with Crippen molar-refractivity contribution in [2.24, 2.45) is 0 Å². The highest BCUT2D eigenvalue weighted by atomic mass is 16.7. The summed E-state index contributed by atoms with van der Waals surface area (Å²) in [6, 6.07) is 9.78. The molecule has 0 spiro atoms. The van der Waals surface area contributed by atoms with E-state index in [2.05, 4.69) is 0 Å². The highest BCUT2D eigenvalue weighted by Crippen LogP contribution is 2.25. The summed E-state index contributed by atoms with van der Waals surface area (Å²) in [5.41, 5.74) is 1.01. The molecule has 1 aliphatic heterocycles. The van der Waals surface area contributed by atoms with E-state index < -0.39 is 6.10 Å². The second-order valence-electron chi connectivity index (χ2n) is 4.69. The van der Waals surface area contributed by atoms with Crippen LogP contribution in [0.15, 0.2) is 30.3 Å². The smallest absolute Gasteiger partial charge is 0.184 e. The van der Waals surface area contributed by atoms with Gasteiger partial charge < -0.3 is 29.9 Å². The van der Waals surface area contributed by atoms with E-state index in [0.29, 0.717) is 6.61 Å². The van der Waals surface area contributed by atoms with E-state index in [1.165, 1.54) is 0 Å². The zero-order valence-electron chi connectivity index (χ0n) is 12.0. The molecule has 0 aliphatic carbocycles. The zero-order chi connectivity index (χ0) is 15.5. The highest BCUT2D eigenvalue weighted by molar-refractivity contribution is 5.16. The van der Waals surface area contributed by atoms with Crippen LogP contribution in [0.3, 0.4) is 0 Å². The molecule has 0 amide bonds. The van der Waals surface area contributed by atoms with E-state index in [4.69, 9.17) is 29.9 Å². The van der Waals surface area contributed by atoms with Crippen molar-refractivity contribution >= 4 is 0 Å². The summed E-state index contributed by atoms with van der Waals surface area (Å²) in [4.78, 5) is 0. The molecule has 0 radical (unpaired) electrons. The van der Waals surface area contributed by atoms with Gasteiger partial charge in [-0.15, -0.1) is 0 Å². The molecule has 1 aromatic rings. The van der Waals surface area contributed by atoms with Gasteiger partial charge in [-0.2, -0.15) is 0 Å². The fourth-order valence-corrected chi connectivity index (χ4v) is 1.75. The fourth-order valence-electron chi connectivity index (χ4n) is 1.75. The van der Waals surface area contributed by atoms with Crippen LogP contribution in [-0.4, -0.2) is 59.1 Å². The topological polar surface area (TPSA) is 99.4 Å². The Morgan fingerprint density at radius 1 is 1.14 bits per heavy atom. The summed E-state index contributed by atoms with van der Waals surface area (Å²) < 4.78 is 11.0. The van der Waals surface area contributed by atoms with E-state index in [-0.39, 0.29) is 38.6 Å². The molecule has 1 heterocycles. The Bertz CT molecular complexity index is 358. The first-order valence-electron chi connectivity index (χ1n) is 7.04. The maximum absolute atomic E-state index is 8.98. The summed E-state index contributed by atoms with van der Waals surface area (Å²) in [7, 11) is 0. The van der Waals surface area contributed by atoms with Gasteiger partial charge in [-0.05, 0) is 12.8 Å². The summed E-state index contributed by atoms with van der Waals surface area (Å²) in [6.45, 7) is 0.375. The average molecular weight is 300 g/mol. The number of hydrogen-bond acceptors (Lipinski definition) is 6. The first kappa shape index (κ1) is 18.0. The lowest BCUT2D eigenvalue weighted by Crippen LogP contribution is -2.29. The zero-order valence-corrected chi connectivity index (χ0v) is 12.0. The van der Waals surface area contributed by atoms with Gasteiger partial charge in [0.1, 0.15) is 0 Å². The molecule has 1 aliphatic rings. The molecule has 120 valence electrons. The normalized spacial score (nSPS) is 23.0. The maximum atomic E-state index is 8.98. The third kappa shape index (κ3) is 6.99. The molecule has 21 heavy (non-hydrogen) atoms. The van der Waals surface area contributed by atoms with Crippen molar-refractivity contribution in [2.75, 3.05) is 26.4 Å². The van der Waals surface area contributed by atoms with Gasteiger partial charge in [-0.25, -0.2) is 0 Å². The molecule has 1 aromatic carbocycles. The first-order chi connectivity index (χ1) is 10.2. The van der Waals surface area contributed by atoms with Gasteiger partial charge in [0.05, 0.1) is 32.0 Å². The van der Waals surface area contributed by atoms with Crippen LogP contribution in [0.5, 0.6) is 0 Å². The predicted octanol–water partition coefficient (Wildman–Crippen LogP) is 0.205. The monoisotopic (exact) mass is 300 g/mol. The van der Waals surface area contributed by atoms with Crippen LogP contribution in [0.1, 0.15) is 24.7 Å². The first-order valence-corrected chi connectivity index (χ1v) is 7.04. The Morgan fingerprint density at radius 2 is 1.86 bits per heavy atom. The van der Waals surface area contributed by atoms with Crippen molar-refractivity contribution in [1.82, 2.24) is 0 Å². The van der Waals surface area contributed by atoms with E-state index in [1.807, 2.05) is 30.3 Å². The molecular weight excluding hydrogens is 276 g/mol. The number of rotatable bonds is 5. The lowest BCUT2D eigenvalue weighted by atomic mass is 10.2. The van der Waals surface area contributed by atoms with E-state index in [1.54, 1.807) is 0 Å². The maximum Gasteiger partial charge on any atom is 0.184 e. The van der Waals surface area contributed by atoms with E-state index in [9.17, 15) is 0 Å². The molecular formula is C15H24O6. The predicted molar refractivity (Wildman–Crippen MR) is 76.5 cm³/mol. The van der Waals surface area contributed by atoms with Crippen molar-refractivity contribution in [3.8, 4) is 0 Å². The molecule has 6 heteroatoms. The lowest BCUT2D eigenvalue weighted by Gasteiger charge is -2.29. The van der Waals surface area contributed by atoms with Gasteiger partial charge >= 0.3 is 0 Å². The second-order valence-corrected chi connectivity index (χ2v) is 4.69. The van der Waals surface area contributed by atoms with Crippen molar-refractivity contribution in [3.05, 3.63) is 35.9 Å². The molecule has 6 nitrogen and oxygen atoms in total. The third-order valence-corrected chi connectivity index (χ3v) is 2.97. The van der Waals surface area contributed by atoms with E-state index >= 15 is 0 Å². The highest BCUT2D eigenvalue weighted by Gasteiger charge is 2.23. The Morgan fingerprint density at radius 3 is 2.38 bits per heavy atom. The third-order valence-electron chi connectivity index (χ3n) is 2.97. The van der Waals surface area contributed by atoms with Crippen LogP contribution in [0.4, 0.5) is 0 Å². The van der Waals surface area contributed by atoms with Gasteiger partial charge in [0.15, 0.2) is 6.29 Å². The molecule has 1 saturated heterocycles. The van der Waals surface area contributed by atoms with Crippen molar-refractivity contribution < 1.29 is 29.9 Å². The second kappa shape index (κ2) is 10.7. The largest absolute Gasteiger partial charge is 0.396 e. The quantitative estimate of drug-likeness (QED) is 0.620. The van der Waals surface area contributed by atoms with Crippen molar-refractivity contribution in [3.63, 3.8) is 0 Å². The molecule has 4 N–H and O–H groups in total. The summed E-state index contributed by atoms with van der Waals surface area (Å²) in [6.07, 6.45) is -0.128. The van der Waals surface area contributed by atoms with Gasteiger partial charge in [0, 0.05) is 12.2 Å². The van der Waals surface area contributed by atoms with Crippen LogP contribution >= 0.6 is 0 Å². The average Bonchev–Trinajstić information content (AvgIpc) is 2.56. The number of aliphatic hydroxyl groups excluding tert-OH is 4. The molecule has 0 saturated carbocycles. The Hall–Kier alpha value is -1.02. The van der Waals surface area contributed by atoms with Crippen LogP contribution in [0.25, 0.3) is 0 Å². The molecule has 0 bridgehead atoms. The van der Waals surface area contributed by atoms with Crippen molar-refractivity contribution in [2.45, 2.75) is 31.3 Å². The standard InChI is InChI=1S/C11H14O3.C4H10O3/c12-8-10-6-7-13-11(14-10)9-4-2-1-3-5-9;5-2-1-4(7)3-6/h1-5,10-12H,6-8H2;4-7H,1-3H2/t10-,11?;4-/m11/s1. The molecule has 3 atom stereocenters. The number of hydrogen-bond donors (Lipinski definition) is 4. The summed E-state index contributed by atoms with van der Waals surface area (Å²) in [5, 5.41) is 33.6. The minimum absolute atomic E-state index is 0.0622. The summed E-state index contributed by atoms with van der Waals surface area (Å²) >= 11 is 0. The minimum Gasteiger partial charge on any atom is -0.396 e. The van der Waals surface area contributed by atoms with Crippen molar-refractivity contribution in [1.29, 1.82) is 0 Å². The lowest BCUT2D eigenvalue weighted by molar-refractivity contribution is -0.224. The summed E-state index contributed by atoms with van der Waals surface area (Å²) in [5.74, 6) is 0.